The van der Waals surface area contributed by atoms with Crippen LogP contribution in [0.1, 0.15) is 0 Å². The molecule has 0 rings (SSSR count). The molecule has 0 aliphatic heterocycles. The van der Waals surface area contributed by atoms with Crippen molar-refractivity contribution < 1.29 is 21.6 Å². The summed E-state index contributed by atoms with van der Waals surface area (Å²) >= 11 is 0. The summed E-state index contributed by atoms with van der Waals surface area (Å²) in [5.74, 6) is 0.0208. The summed E-state index contributed by atoms with van der Waals surface area (Å²) in [4.78, 5) is 0. The van der Waals surface area contributed by atoms with E-state index in [4.69, 9.17) is 0 Å². The van der Waals surface area contributed by atoms with Crippen LogP contribution in [0, 0.1) is 5.75 Å². The van der Waals surface area contributed by atoms with Crippen molar-refractivity contribution in [1.29, 1.82) is 0 Å². The molecule has 2 N–H and O–H groups in total. The number of rotatable bonds is 2. The van der Waals surface area contributed by atoms with Gasteiger partial charge in [-0.05, 0) is 0 Å². The minimum absolute atomic E-state index is 0.0208. The number of hydrogen-bond donors (Lipinski definition) is 1. The van der Waals surface area contributed by atoms with Crippen LogP contribution < -0.4 is 5.73 Å². The lowest BCUT2D eigenvalue weighted by Gasteiger charge is -2.04. The van der Waals surface area contributed by atoms with E-state index in [1.165, 1.54) is 0 Å². The monoisotopic (exact) mass is 176 g/mol. The van der Waals surface area contributed by atoms with Crippen LogP contribution in [-0.2, 0) is 9.84 Å². The van der Waals surface area contributed by atoms with Crippen LogP contribution in [0.15, 0.2) is 0 Å². The molecule has 0 saturated heterocycles. The predicted octanol–water partition coefficient (Wildman–Crippen LogP) is 0.0415. The number of hydrogen-bond acceptors (Lipinski definition) is 3. The molecule has 0 aromatic heterocycles. The van der Waals surface area contributed by atoms with E-state index in [1.54, 1.807) is 0 Å². The minimum Gasteiger partial charge on any atom is -0.329 e. The third-order valence-electron chi connectivity index (χ3n) is 0.638. The van der Waals surface area contributed by atoms with E-state index in [0.717, 1.165) is 0 Å². The third-order valence-corrected chi connectivity index (χ3v) is 1.91. The topological polar surface area (TPSA) is 60.2 Å². The van der Waals surface area contributed by atoms with Gasteiger partial charge >= 0.3 is 5.51 Å². The molecule has 0 aromatic rings. The summed E-state index contributed by atoms with van der Waals surface area (Å²) in [5.41, 5.74) is -0.639. The summed E-state index contributed by atoms with van der Waals surface area (Å²) < 4.78 is 54.0. The highest BCUT2D eigenvalue weighted by Gasteiger charge is 2.44. The van der Waals surface area contributed by atoms with Gasteiger partial charge in [0.15, 0.2) is 0 Å². The SMILES string of the molecule is NC[CH]S(=O)(=O)C(F)(F)F. The second-order valence-corrected chi connectivity index (χ2v) is 3.28. The molecule has 0 bridgehead atoms. The molecule has 3 nitrogen and oxygen atoms in total. The van der Waals surface area contributed by atoms with Crippen LogP contribution in [0.4, 0.5) is 13.2 Å². The van der Waals surface area contributed by atoms with Gasteiger partial charge in [-0.1, -0.05) is 0 Å². The molecular formula is C3H5F3NO2S. The first-order chi connectivity index (χ1) is 4.31. The Morgan fingerprint density at radius 1 is 1.40 bits per heavy atom. The fraction of sp³-hybridized carbons (Fsp3) is 0.667. The van der Waals surface area contributed by atoms with Gasteiger partial charge in [-0.15, -0.1) is 0 Å². The summed E-state index contributed by atoms with van der Waals surface area (Å²) in [6.07, 6.45) is 0. The van der Waals surface area contributed by atoms with Crippen molar-refractivity contribution in [2.75, 3.05) is 6.54 Å². The Kier molecular flexibility index (Phi) is 2.67. The Balaban J connectivity index is 4.44. The van der Waals surface area contributed by atoms with Crippen molar-refractivity contribution in [2.45, 2.75) is 5.51 Å². The molecule has 0 unspecified atom stereocenters. The minimum atomic E-state index is -5.22. The maximum Gasteiger partial charge on any atom is 0.497 e. The fourth-order valence-corrected chi connectivity index (χ4v) is 0.664. The Bertz CT molecular complexity index is 194. The standard InChI is InChI=1S/C3H5F3NO2S/c4-3(5,6)10(8,9)2-1-7/h2H,1,7H2. The molecule has 0 saturated carbocycles. The molecule has 0 aromatic carbocycles. The Morgan fingerprint density at radius 3 is 1.90 bits per heavy atom. The van der Waals surface area contributed by atoms with E-state index >= 15 is 0 Å². The van der Waals surface area contributed by atoms with Gasteiger partial charge in [0.05, 0.1) is 0 Å². The first-order valence-electron chi connectivity index (χ1n) is 2.16. The first-order valence-corrected chi connectivity index (χ1v) is 3.70. The Hall–Kier alpha value is -0.300. The summed E-state index contributed by atoms with van der Waals surface area (Å²) in [6, 6.07) is 0. The largest absolute Gasteiger partial charge is 0.497 e. The molecule has 10 heavy (non-hydrogen) atoms. The summed E-state index contributed by atoms with van der Waals surface area (Å²) in [6.45, 7) is -0.637. The van der Waals surface area contributed by atoms with Gasteiger partial charge in [0.1, 0.15) is 5.75 Å². The second kappa shape index (κ2) is 2.75. The van der Waals surface area contributed by atoms with Crippen molar-refractivity contribution in [2.24, 2.45) is 5.73 Å². The molecular weight excluding hydrogens is 171 g/mol. The van der Waals surface area contributed by atoms with Gasteiger partial charge in [-0.3, -0.25) is 0 Å². The fourth-order valence-electron chi connectivity index (χ4n) is 0.221. The van der Waals surface area contributed by atoms with Crippen molar-refractivity contribution in [1.82, 2.24) is 0 Å². The second-order valence-electron chi connectivity index (χ2n) is 1.39. The van der Waals surface area contributed by atoms with Gasteiger partial charge in [-0.2, -0.15) is 13.2 Å². The lowest BCUT2D eigenvalue weighted by Crippen LogP contribution is -2.25. The van der Waals surface area contributed by atoms with E-state index in [1.807, 2.05) is 0 Å². The van der Waals surface area contributed by atoms with E-state index in [-0.39, 0.29) is 5.75 Å². The first kappa shape index (κ1) is 9.70. The van der Waals surface area contributed by atoms with Crippen molar-refractivity contribution in [3.05, 3.63) is 5.75 Å². The zero-order valence-corrected chi connectivity index (χ0v) is 5.54. The van der Waals surface area contributed by atoms with E-state index < -0.39 is 21.9 Å². The molecule has 0 spiro atoms. The summed E-state index contributed by atoms with van der Waals surface area (Å²) in [7, 11) is -5.10. The highest BCUT2D eigenvalue weighted by atomic mass is 32.2. The van der Waals surface area contributed by atoms with Crippen molar-refractivity contribution >= 4 is 9.84 Å². The average Bonchev–Trinajstić information content (AvgIpc) is 1.61. The molecule has 0 heterocycles. The molecule has 1 radical (unpaired) electrons. The van der Waals surface area contributed by atoms with E-state index in [9.17, 15) is 21.6 Å². The lowest BCUT2D eigenvalue weighted by molar-refractivity contribution is -0.0428. The molecule has 0 aliphatic rings. The van der Waals surface area contributed by atoms with Crippen LogP contribution in [0.2, 0.25) is 0 Å². The normalized spacial score (nSPS) is 13.6. The Labute approximate surface area is 55.9 Å². The molecule has 0 amide bonds. The Morgan fingerprint density at radius 2 is 1.80 bits per heavy atom. The molecule has 0 fully saturated rings. The molecule has 0 atom stereocenters. The van der Waals surface area contributed by atoms with Crippen LogP contribution >= 0.6 is 0 Å². The summed E-state index contributed by atoms with van der Waals surface area (Å²) in [5, 5.41) is 0. The van der Waals surface area contributed by atoms with E-state index in [2.05, 4.69) is 5.73 Å². The maximum atomic E-state index is 11.3. The molecule has 61 valence electrons. The van der Waals surface area contributed by atoms with Crippen LogP contribution in [-0.4, -0.2) is 20.5 Å². The molecule has 0 aliphatic carbocycles. The van der Waals surface area contributed by atoms with Gasteiger partial charge in [0, 0.05) is 6.54 Å². The number of sulfone groups is 1. The molecule has 7 heteroatoms. The zero-order chi connectivity index (χ0) is 8.41. The smallest absolute Gasteiger partial charge is 0.329 e. The van der Waals surface area contributed by atoms with E-state index in [0.29, 0.717) is 0 Å². The van der Waals surface area contributed by atoms with Crippen LogP contribution in [0.25, 0.3) is 0 Å². The average molecular weight is 176 g/mol. The number of nitrogens with two attached hydrogens (primary N) is 1. The van der Waals surface area contributed by atoms with Crippen LogP contribution in [0.3, 0.4) is 0 Å². The highest BCUT2D eigenvalue weighted by molar-refractivity contribution is 7.94. The van der Waals surface area contributed by atoms with Crippen molar-refractivity contribution in [3.8, 4) is 0 Å². The predicted molar refractivity (Wildman–Crippen MR) is 28.3 cm³/mol. The van der Waals surface area contributed by atoms with Crippen LogP contribution in [0.5, 0.6) is 0 Å². The number of alkyl halides is 3. The lowest BCUT2D eigenvalue weighted by atomic mass is 10.8. The van der Waals surface area contributed by atoms with Gasteiger partial charge < -0.3 is 5.73 Å². The third kappa shape index (κ3) is 2.14. The van der Waals surface area contributed by atoms with Gasteiger partial charge in [0.25, 0.3) is 9.84 Å². The van der Waals surface area contributed by atoms with Crippen molar-refractivity contribution in [3.63, 3.8) is 0 Å². The quantitative estimate of drug-likeness (QED) is 0.646. The zero-order valence-electron chi connectivity index (χ0n) is 4.72. The highest BCUT2D eigenvalue weighted by Crippen LogP contribution is 2.24. The number of halogens is 3. The van der Waals surface area contributed by atoms with Gasteiger partial charge in [-0.25, -0.2) is 8.42 Å². The van der Waals surface area contributed by atoms with Gasteiger partial charge in [0.2, 0.25) is 0 Å². The maximum absolute atomic E-state index is 11.3.